The fourth-order valence-corrected chi connectivity index (χ4v) is 2.09. The summed E-state index contributed by atoms with van der Waals surface area (Å²) in [7, 11) is 1.93. The van der Waals surface area contributed by atoms with Gasteiger partial charge in [0.25, 0.3) is 5.91 Å². The lowest BCUT2D eigenvalue weighted by Gasteiger charge is -2.12. The zero-order chi connectivity index (χ0) is 15.9. The highest BCUT2D eigenvalue weighted by molar-refractivity contribution is 5.92. The Morgan fingerprint density at radius 1 is 1.09 bits per heavy atom. The summed E-state index contributed by atoms with van der Waals surface area (Å²) in [5.41, 5.74) is 1.40. The molecule has 116 valence electrons. The summed E-state index contributed by atoms with van der Waals surface area (Å²) in [4.78, 5) is 23.9. The summed E-state index contributed by atoms with van der Waals surface area (Å²) in [6.45, 7) is 2.45. The first-order chi connectivity index (χ1) is 10.5. The first kappa shape index (κ1) is 15.8. The number of hydrogen-bond donors (Lipinski definition) is 3. The number of furan rings is 1. The molecule has 0 fully saturated rings. The first-order valence-corrected chi connectivity index (χ1v) is 7.04. The van der Waals surface area contributed by atoms with E-state index in [1.54, 1.807) is 30.5 Å². The third-order valence-corrected chi connectivity index (χ3v) is 3.01. The van der Waals surface area contributed by atoms with Crippen LogP contribution in [0.15, 0.2) is 47.1 Å². The lowest BCUT2D eigenvalue weighted by molar-refractivity contribution is -0.886. The van der Waals surface area contributed by atoms with Crippen molar-refractivity contribution in [2.24, 2.45) is 0 Å². The Kier molecular flexibility index (Phi) is 5.32. The highest BCUT2D eigenvalue weighted by atomic mass is 16.3. The molecule has 3 N–H and O–H groups in total. The van der Waals surface area contributed by atoms with Crippen LogP contribution in [-0.2, 0) is 16.1 Å². The molecule has 0 saturated carbocycles. The average molecular weight is 302 g/mol. The average Bonchev–Trinajstić information content (AvgIpc) is 2.93. The molecule has 2 rings (SSSR count). The monoisotopic (exact) mass is 302 g/mol. The molecule has 0 aliphatic rings. The number of carbonyl (C=O) groups excluding carboxylic acids is 2. The van der Waals surface area contributed by atoms with Crippen molar-refractivity contribution < 1.29 is 18.9 Å². The quantitative estimate of drug-likeness (QED) is 0.742. The summed E-state index contributed by atoms with van der Waals surface area (Å²) >= 11 is 0. The molecule has 0 radical (unpaired) electrons. The summed E-state index contributed by atoms with van der Waals surface area (Å²) < 4.78 is 5.26. The van der Waals surface area contributed by atoms with Crippen LogP contribution in [0, 0.1) is 0 Å². The third-order valence-electron chi connectivity index (χ3n) is 3.01. The van der Waals surface area contributed by atoms with Crippen LogP contribution in [0.25, 0.3) is 0 Å². The smallest absolute Gasteiger partial charge is 0.279 e. The van der Waals surface area contributed by atoms with E-state index in [0.717, 1.165) is 10.7 Å². The standard InChI is InChI=1S/C16H19N3O3/c1-12(20)17-13-5-7-14(8-6-13)18-16(21)11-19(2)10-15-4-3-9-22-15/h3-9H,10-11H2,1-2H3,(H,17,20)(H,18,21)/p+1. The Morgan fingerprint density at radius 2 is 1.73 bits per heavy atom. The number of quaternary nitrogens is 1. The fraction of sp³-hybridized carbons (Fsp3) is 0.250. The number of rotatable bonds is 6. The SMILES string of the molecule is CC(=O)Nc1ccc(NC(=O)C[NH+](C)Cc2ccco2)cc1. The second kappa shape index (κ2) is 7.42. The summed E-state index contributed by atoms with van der Waals surface area (Å²) in [5.74, 6) is 0.654. The molecule has 1 atom stereocenters. The van der Waals surface area contributed by atoms with E-state index in [0.29, 0.717) is 24.5 Å². The molecule has 0 aliphatic heterocycles. The van der Waals surface area contributed by atoms with Gasteiger partial charge in [0.1, 0.15) is 6.54 Å². The van der Waals surface area contributed by atoms with Crippen molar-refractivity contribution in [3.63, 3.8) is 0 Å². The first-order valence-electron chi connectivity index (χ1n) is 7.04. The van der Waals surface area contributed by atoms with Gasteiger partial charge >= 0.3 is 0 Å². The van der Waals surface area contributed by atoms with Crippen LogP contribution in [0.3, 0.4) is 0 Å². The summed E-state index contributed by atoms with van der Waals surface area (Å²) in [5, 5.41) is 5.51. The molecular weight excluding hydrogens is 282 g/mol. The lowest BCUT2D eigenvalue weighted by Crippen LogP contribution is -3.08. The molecule has 6 nitrogen and oxygen atoms in total. The highest BCUT2D eigenvalue weighted by Gasteiger charge is 2.12. The highest BCUT2D eigenvalue weighted by Crippen LogP contribution is 2.13. The molecule has 22 heavy (non-hydrogen) atoms. The van der Waals surface area contributed by atoms with Crippen molar-refractivity contribution in [1.82, 2.24) is 0 Å². The van der Waals surface area contributed by atoms with E-state index >= 15 is 0 Å². The number of likely N-dealkylation sites (N-methyl/N-ethyl adjacent to an activating group) is 1. The number of nitrogens with one attached hydrogen (secondary N) is 3. The number of anilines is 2. The molecule has 2 amide bonds. The van der Waals surface area contributed by atoms with Gasteiger partial charge in [-0.05, 0) is 36.4 Å². The normalized spacial score (nSPS) is 11.7. The molecule has 0 spiro atoms. The van der Waals surface area contributed by atoms with E-state index in [-0.39, 0.29) is 11.8 Å². The van der Waals surface area contributed by atoms with Gasteiger partial charge in [0.05, 0.1) is 13.3 Å². The van der Waals surface area contributed by atoms with E-state index in [1.807, 2.05) is 19.2 Å². The molecule has 6 heteroatoms. The van der Waals surface area contributed by atoms with Crippen molar-refractivity contribution >= 4 is 23.2 Å². The Bertz CT molecular complexity index is 621. The van der Waals surface area contributed by atoms with Crippen LogP contribution >= 0.6 is 0 Å². The number of amides is 2. The van der Waals surface area contributed by atoms with Crippen LogP contribution in [-0.4, -0.2) is 25.4 Å². The van der Waals surface area contributed by atoms with Crippen LogP contribution in [0.5, 0.6) is 0 Å². The lowest BCUT2D eigenvalue weighted by atomic mass is 10.2. The van der Waals surface area contributed by atoms with Gasteiger partial charge in [-0.15, -0.1) is 0 Å². The van der Waals surface area contributed by atoms with Crippen LogP contribution in [0.4, 0.5) is 11.4 Å². The second-order valence-electron chi connectivity index (χ2n) is 5.20. The van der Waals surface area contributed by atoms with Crippen molar-refractivity contribution in [3.8, 4) is 0 Å². The molecular formula is C16H20N3O3+. The molecule has 1 unspecified atom stereocenters. The Morgan fingerprint density at radius 3 is 2.27 bits per heavy atom. The Balaban J connectivity index is 1.82. The van der Waals surface area contributed by atoms with Gasteiger partial charge in [-0.1, -0.05) is 0 Å². The Labute approximate surface area is 129 Å². The van der Waals surface area contributed by atoms with Gasteiger partial charge in [0.2, 0.25) is 5.91 Å². The molecule has 0 saturated heterocycles. The van der Waals surface area contributed by atoms with Gasteiger partial charge in [0, 0.05) is 18.3 Å². The van der Waals surface area contributed by atoms with Gasteiger partial charge < -0.3 is 20.0 Å². The number of carbonyl (C=O) groups is 2. The zero-order valence-electron chi connectivity index (χ0n) is 12.7. The molecule has 0 aliphatic carbocycles. The van der Waals surface area contributed by atoms with Crippen molar-refractivity contribution in [3.05, 3.63) is 48.4 Å². The number of hydrogen-bond acceptors (Lipinski definition) is 3. The molecule has 2 aromatic rings. The number of benzene rings is 1. The maximum Gasteiger partial charge on any atom is 0.279 e. The van der Waals surface area contributed by atoms with Gasteiger partial charge in [-0.2, -0.15) is 0 Å². The predicted molar refractivity (Wildman–Crippen MR) is 83.5 cm³/mol. The predicted octanol–water partition coefficient (Wildman–Crippen LogP) is 0.891. The van der Waals surface area contributed by atoms with Gasteiger partial charge in [-0.25, -0.2) is 0 Å². The maximum atomic E-state index is 12.0. The fourth-order valence-electron chi connectivity index (χ4n) is 2.09. The molecule has 1 aromatic carbocycles. The van der Waals surface area contributed by atoms with E-state index in [4.69, 9.17) is 4.42 Å². The third kappa shape index (κ3) is 5.06. The molecule has 1 aromatic heterocycles. The van der Waals surface area contributed by atoms with Crippen molar-refractivity contribution in [2.45, 2.75) is 13.5 Å². The largest absolute Gasteiger partial charge is 0.463 e. The van der Waals surface area contributed by atoms with E-state index < -0.39 is 0 Å². The van der Waals surface area contributed by atoms with E-state index in [1.165, 1.54) is 6.92 Å². The van der Waals surface area contributed by atoms with Crippen LogP contribution in [0.2, 0.25) is 0 Å². The second-order valence-corrected chi connectivity index (χ2v) is 5.20. The summed E-state index contributed by atoms with van der Waals surface area (Å²) in [6, 6.07) is 10.7. The van der Waals surface area contributed by atoms with E-state index in [9.17, 15) is 9.59 Å². The molecule has 1 heterocycles. The van der Waals surface area contributed by atoms with E-state index in [2.05, 4.69) is 10.6 Å². The minimum atomic E-state index is -0.125. The molecule has 0 bridgehead atoms. The van der Waals surface area contributed by atoms with Crippen molar-refractivity contribution in [2.75, 3.05) is 24.2 Å². The minimum Gasteiger partial charge on any atom is -0.463 e. The Hall–Kier alpha value is -2.60. The van der Waals surface area contributed by atoms with Gasteiger partial charge in [-0.3, -0.25) is 9.59 Å². The zero-order valence-corrected chi connectivity index (χ0v) is 12.7. The maximum absolute atomic E-state index is 12.0. The minimum absolute atomic E-state index is 0.0728. The summed E-state index contributed by atoms with van der Waals surface area (Å²) in [6.07, 6.45) is 1.62. The van der Waals surface area contributed by atoms with Crippen molar-refractivity contribution in [1.29, 1.82) is 0 Å². The van der Waals surface area contributed by atoms with Crippen LogP contribution in [0.1, 0.15) is 12.7 Å². The van der Waals surface area contributed by atoms with Gasteiger partial charge in [0.15, 0.2) is 12.3 Å². The van der Waals surface area contributed by atoms with Crippen LogP contribution < -0.4 is 15.5 Å². The topological polar surface area (TPSA) is 75.8 Å².